The molecule has 1 aliphatic heterocycles. The van der Waals surface area contributed by atoms with Crippen LogP contribution >= 0.6 is 7.14 Å². The van der Waals surface area contributed by atoms with Crippen LogP contribution in [0.2, 0.25) is 0 Å². The molecule has 5 heteroatoms. The Bertz CT molecular complexity index is 2460. The highest BCUT2D eigenvalue weighted by atomic mass is 31.2. The van der Waals surface area contributed by atoms with Gasteiger partial charge in [0.05, 0.1) is 28.1 Å². The van der Waals surface area contributed by atoms with Gasteiger partial charge in [-0.2, -0.15) is 0 Å². The predicted octanol–water partition coefficient (Wildman–Crippen LogP) is 9.58. The molecule has 47 heavy (non-hydrogen) atoms. The van der Waals surface area contributed by atoms with E-state index in [2.05, 4.69) is 113 Å². The molecule has 0 saturated heterocycles. The Morgan fingerprint density at radius 1 is 0.511 bits per heavy atom. The second-order valence-electron chi connectivity index (χ2n) is 12.0. The van der Waals surface area contributed by atoms with Gasteiger partial charge in [-0.3, -0.25) is 4.57 Å². The Kier molecular flexibility index (Phi) is 6.28. The second kappa shape index (κ2) is 10.7. The van der Waals surface area contributed by atoms with Crippen LogP contribution in [0.1, 0.15) is 5.82 Å². The van der Waals surface area contributed by atoms with Crippen LogP contribution in [0.15, 0.2) is 164 Å². The number of nitrogens with zero attached hydrogens (tertiary/aromatic N) is 3. The van der Waals surface area contributed by atoms with E-state index < -0.39 is 7.14 Å². The zero-order valence-corrected chi connectivity index (χ0v) is 26.7. The molecule has 2 heterocycles. The normalized spacial score (nSPS) is 12.4. The van der Waals surface area contributed by atoms with E-state index in [-0.39, 0.29) is 0 Å². The van der Waals surface area contributed by atoms with Gasteiger partial charge in [-0.1, -0.05) is 115 Å². The Morgan fingerprint density at radius 3 is 1.85 bits per heavy atom. The van der Waals surface area contributed by atoms with E-state index in [1.165, 1.54) is 0 Å². The van der Waals surface area contributed by atoms with Crippen molar-refractivity contribution in [2.75, 3.05) is 4.90 Å². The van der Waals surface area contributed by atoms with Crippen molar-refractivity contribution in [2.24, 2.45) is 0 Å². The van der Waals surface area contributed by atoms with E-state index in [0.717, 1.165) is 77.4 Å². The van der Waals surface area contributed by atoms with Gasteiger partial charge in [-0.05, 0) is 77.4 Å². The molecule has 0 saturated carbocycles. The lowest BCUT2D eigenvalue weighted by Crippen LogP contribution is -2.24. The first kappa shape index (κ1) is 27.6. The van der Waals surface area contributed by atoms with Gasteiger partial charge < -0.3 is 9.46 Å². The highest BCUT2D eigenvalue weighted by molar-refractivity contribution is 7.85. The maximum Gasteiger partial charge on any atom is 0.171 e. The van der Waals surface area contributed by atoms with Crippen LogP contribution in [0.5, 0.6) is 0 Å². The van der Waals surface area contributed by atoms with E-state index >= 15 is 0 Å². The van der Waals surface area contributed by atoms with Crippen molar-refractivity contribution in [3.05, 3.63) is 170 Å². The third-order valence-corrected chi connectivity index (χ3v) is 12.4. The van der Waals surface area contributed by atoms with Crippen molar-refractivity contribution in [3.63, 3.8) is 0 Å². The first-order valence-corrected chi connectivity index (χ1v) is 17.5. The molecule has 0 N–H and O–H groups in total. The van der Waals surface area contributed by atoms with Gasteiger partial charge in [-0.25, -0.2) is 4.98 Å². The summed E-state index contributed by atoms with van der Waals surface area (Å²) < 4.78 is 17.3. The van der Waals surface area contributed by atoms with E-state index in [1.807, 2.05) is 66.7 Å². The number of hydrogen-bond acceptors (Lipinski definition) is 3. The standard InChI is InChI=1S/C42H30N3OP/c1-29-43-38-18-11-19-40-42(38)44(29)39-25-23-33(28-41(39)45(40)34-12-5-2-6-13-34)30-20-21-32-27-37(24-22-31(32)26-30)47(46,35-14-7-3-8-15-35)36-16-9-4-10-17-36/h2-28H,1H3. The monoisotopic (exact) mass is 623 g/mol. The van der Waals surface area contributed by atoms with Gasteiger partial charge in [0.15, 0.2) is 7.14 Å². The van der Waals surface area contributed by atoms with Gasteiger partial charge in [0.2, 0.25) is 0 Å². The number of aromatic nitrogens is 2. The zero-order chi connectivity index (χ0) is 31.5. The molecule has 0 fully saturated rings. The highest BCUT2D eigenvalue weighted by Gasteiger charge is 2.30. The topological polar surface area (TPSA) is 38.1 Å². The second-order valence-corrected chi connectivity index (χ2v) is 14.8. The van der Waals surface area contributed by atoms with Gasteiger partial charge >= 0.3 is 0 Å². The summed E-state index contributed by atoms with van der Waals surface area (Å²) in [6.07, 6.45) is 0. The largest absolute Gasteiger partial charge is 0.309 e. The third kappa shape index (κ3) is 4.30. The molecule has 1 aliphatic rings. The molecule has 0 aliphatic carbocycles. The van der Waals surface area contributed by atoms with Gasteiger partial charge in [0.25, 0.3) is 0 Å². The third-order valence-electron chi connectivity index (χ3n) is 9.30. The van der Waals surface area contributed by atoms with E-state index in [0.29, 0.717) is 0 Å². The van der Waals surface area contributed by atoms with E-state index in [9.17, 15) is 4.57 Å². The maximum atomic E-state index is 15.0. The smallest absolute Gasteiger partial charge is 0.171 e. The molecule has 4 nitrogen and oxygen atoms in total. The molecule has 0 bridgehead atoms. The number of benzene rings is 7. The fraction of sp³-hybridized carbons (Fsp3) is 0.0238. The summed E-state index contributed by atoms with van der Waals surface area (Å²) in [6.45, 7) is 2.08. The lowest BCUT2D eigenvalue weighted by molar-refractivity contribution is 0.592. The minimum absolute atomic E-state index is 0.836. The van der Waals surface area contributed by atoms with Gasteiger partial charge in [0, 0.05) is 21.6 Å². The van der Waals surface area contributed by atoms with E-state index in [4.69, 9.17) is 4.98 Å². The fourth-order valence-corrected chi connectivity index (χ4v) is 9.77. The predicted molar refractivity (Wildman–Crippen MR) is 196 cm³/mol. The summed E-state index contributed by atoms with van der Waals surface area (Å²) in [6, 6.07) is 56.1. The summed E-state index contributed by atoms with van der Waals surface area (Å²) in [5.74, 6) is 0.971. The Morgan fingerprint density at radius 2 is 1.13 bits per heavy atom. The molecule has 224 valence electrons. The Hall–Kier alpha value is -5.70. The zero-order valence-electron chi connectivity index (χ0n) is 25.8. The highest BCUT2D eigenvalue weighted by Crippen LogP contribution is 2.48. The van der Waals surface area contributed by atoms with Crippen LogP contribution in [-0.4, -0.2) is 9.55 Å². The molecule has 1 aromatic heterocycles. The number of hydrogen-bond donors (Lipinski definition) is 0. The molecular formula is C42H30N3OP. The molecule has 0 unspecified atom stereocenters. The Balaban J connectivity index is 1.17. The van der Waals surface area contributed by atoms with E-state index in [1.54, 1.807) is 0 Å². The first-order chi connectivity index (χ1) is 23.1. The van der Waals surface area contributed by atoms with Crippen molar-refractivity contribution in [1.29, 1.82) is 0 Å². The summed E-state index contributed by atoms with van der Waals surface area (Å²) in [5.41, 5.74) is 8.82. The average molecular weight is 624 g/mol. The molecule has 0 atom stereocenters. The van der Waals surface area contributed by atoms with Crippen molar-refractivity contribution in [3.8, 4) is 16.8 Å². The molecular weight excluding hydrogens is 593 g/mol. The van der Waals surface area contributed by atoms with Crippen LogP contribution in [0.3, 0.4) is 0 Å². The SMILES string of the molecule is Cc1nc2cccc3c2n1-c1ccc(-c2ccc4cc(P(=O)(c5ccccc5)c5ccccc5)ccc4c2)cc1N3c1ccccc1. The number of anilines is 3. The van der Waals surface area contributed by atoms with Crippen molar-refractivity contribution < 1.29 is 4.57 Å². The molecule has 7 aromatic carbocycles. The fourth-order valence-electron chi connectivity index (χ4n) is 7.09. The Labute approximate surface area is 273 Å². The number of fused-ring (bicyclic) bond motifs is 3. The van der Waals surface area contributed by atoms with Crippen LogP contribution in [0, 0.1) is 6.92 Å². The summed E-state index contributed by atoms with van der Waals surface area (Å²) in [7, 11) is -3.06. The molecule has 0 radical (unpaired) electrons. The number of aryl methyl sites for hydroxylation is 1. The summed E-state index contributed by atoms with van der Waals surface area (Å²) in [4.78, 5) is 7.25. The molecule has 8 aromatic rings. The average Bonchev–Trinajstić information content (AvgIpc) is 3.48. The van der Waals surface area contributed by atoms with Crippen molar-refractivity contribution in [1.82, 2.24) is 9.55 Å². The number of rotatable bonds is 5. The van der Waals surface area contributed by atoms with Crippen LogP contribution in [-0.2, 0) is 4.57 Å². The van der Waals surface area contributed by atoms with Crippen molar-refractivity contribution >= 4 is 61.9 Å². The van der Waals surface area contributed by atoms with Crippen LogP contribution in [0.25, 0.3) is 38.6 Å². The molecule has 0 spiro atoms. The quantitative estimate of drug-likeness (QED) is 0.179. The molecule has 0 amide bonds. The summed E-state index contributed by atoms with van der Waals surface area (Å²) >= 11 is 0. The van der Waals surface area contributed by atoms with Crippen LogP contribution < -0.4 is 20.8 Å². The number of imidazole rings is 1. The minimum atomic E-state index is -3.06. The maximum absolute atomic E-state index is 15.0. The molecule has 9 rings (SSSR count). The van der Waals surface area contributed by atoms with Crippen molar-refractivity contribution in [2.45, 2.75) is 6.92 Å². The lowest BCUT2D eigenvalue weighted by atomic mass is 9.99. The first-order valence-electron chi connectivity index (χ1n) is 15.8. The number of para-hydroxylation sites is 2. The van der Waals surface area contributed by atoms with Crippen LogP contribution in [0.4, 0.5) is 17.1 Å². The van der Waals surface area contributed by atoms with Gasteiger partial charge in [-0.15, -0.1) is 0 Å². The minimum Gasteiger partial charge on any atom is -0.309 e. The lowest BCUT2D eigenvalue weighted by Gasteiger charge is -2.33. The summed E-state index contributed by atoms with van der Waals surface area (Å²) in [5, 5.41) is 4.68. The van der Waals surface area contributed by atoms with Gasteiger partial charge in [0.1, 0.15) is 5.82 Å².